The summed E-state index contributed by atoms with van der Waals surface area (Å²) in [6.07, 6.45) is 0. The Morgan fingerprint density at radius 2 is 2.00 bits per heavy atom. The van der Waals surface area contributed by atoms with E-state index >= 15 is 0 Å². The van der Waals surface area contributed by atoms with Gasteiger partial charge in [0.25, 0.3) is 0 Å². The molecule has 0 aliphatic heterocycles. The molecular formula is C15H23BrN2O. The summed E-state index contributed by atoms with van der Waals surface area (Å²) in [5, 5.41) is 6.16. The van der Waals surface area contributed by atoms with Crippen molar-refractivity contribution >= 4 is 21.8 Å². The van der Waals surface area contributed by atoms with Gasteiger partial charge >= 0.3 is 0 Å². The van der Waals surface area contributed by atoms with Crippen LogP contribution in [-0.4, -0.2) is 18.5 Å². The predicted octanol–water partition coefficient (Wildman–Crippen LogP) is 3.01. The summed E-state index contributed by atoms with van der Waals surface area (Å²) < 4.78 is 1.10. The van der Waals surface area contributed by atoms with Crippen LogP contribution >= 0.6 is 15.9 Å². The largest absolute Gasteiger partial charge is 0.354 e. The summed E-state index contributed by atoms with van der Waals surface area (Å²) in [6.45, 7) is 9.53. The van der Waals surface area contributed by atoms with Crippen LogP contribution in [0.5, 0.6) is 0 Å². The van der Waals surface area contributed by atoms with Crippen molar-refractivity contribution < 1.29 is 4.79 Å². The molecule has 0 radical (unpaired) electrons. The first-order chi connectivity index (χ1) is 8.90. The molecule has 1 unspecified atom stereocenters. The van der Waals surface area contributed by atoms with E-state index in [0.717, 1.165) is 11.0 Å². The molecule has 106 valence electrons. The Hall–Kier alpha value is -0.870. The van der Waals surface area contributed by atoms with Crippen LogP contribution < -0.4 is 10.6 Å². The Bertz CT molecular complexity index is 432. The first-order valence-electron chi connectivity index (χ1n) is 6.66. The van der Waals surface area contributed by atoms with Gasteiger partial charge in [0.15, 0.2) is 0 Å². The number of halogens is 1. The number of rotatable bonds is 6. The Morgan fingerprint density at radius 3 is 2.58 bits per heavy atom. The van der Waals surface area contributed by atoms with Gasteiger partial charge in [-0.2, -0.15) is 0 Å². The fourth-order valence-corrected chi connectivity index (χ4v) is 1.99. The van der Waals surface area contributed by atoms with Gasteiger partial charge in [0.05, 0.1) is 6.04 Å². The lowest BCUT2D eigenvalue weighted by Crippen LogP contribution is -2.42. The molecule has 2 N–H and O–H groups in total. The van der Waals surface area contributed by atoms with E-state index in [-0.39, 0.29) is 11.9 Å². The van der Waals surface area contributed by atoms with Crippen LogP contribution in [-0.2, 0) is 11.3 Å². The number of hydrogen-bond donors (Lipinski definition) is 2. The van der Waals surface area contributed by atoms with Crippen molar-refractivity contribution in [3.63, 3.8) is 0 Å². The molecule has 0 aliphatic carbocycles. The number of aryl methyl sites for hydroxylation is 1. The third kappa shape index (κ3) is 5.74. The van der Waals surface area contributed by atoms with Crippen molar-refractivity contribution in [2.75, 3.05) is 6.54 Å². The van der Waals surface area contributed by atoms with E-state index in [9.17, 15) is 4.79 Å². The van der Waals surface area contributed by atoms with Gasteiger partial charge in [0.1, 0.15) is 0 Å². The fourth-order valence-electron chi connectivity index (χ4n) is 1.57. The standard InChI is InChI=1S/C15H23BrN2O/c1-10(2)8-18-15(19)12(4)17-9-13-6-5-11(3)14(16)7-13/h5-7,10,12,17H,8-9H2,1-4H3,(H,18,19). The minimum atomic E-state index is -0.182. The van der Waals surface area contributed by atoms with Gasteiger partial charge in [-0.15, -0.1) is 0 Å². The Balaban J connectivity index is 2.42. The Labute approximate surface area is 124 Å². The lowest BCUT2D eigenvalue weighted by molar-refractivity contribution is -0.122. The molecule has 4 heteroatoms. The zero-order chi connectivity index (χ0) is 14.4. The van der Waals surface area contributed by atoms with Crippen LogP contribution in [0.1, 0.15) is 31.9 Å². The number of hydrogen-bond acceptors (Lipinski definition) is 2. The van der Waals surface area contributed by atoms with Crippen LogP contribution in [0.25, 0.3) is 0 Å². The van der Waals surface area contributed by atoms with E-state index < -0.39 is 0 Å². The predicted molar refractivity (Wildman–Crippen MR) is 83.0 cm³/mol. The highest BCUT2D eigenvalue weighted by atomic mass is 79.9. The SMILES string of the molecule is Cc1ccc(CNC(C)C(=O)NCC(C)C)cc1Br. The molecule has 1 aromatic carbocycles. The molecule has 1 aromatic rings. The minimum Gasteiger partial charge on any atom is -0.354 e. The number of carbonyl (C=O) groups excluding carboxylic acids is 1. The highest BCUT2D eigenvalue weighted by Crippen LogP contribution is 2.17. The lowest BCUT2D eigenvalue weighted by Gasteiger charge is -2.15. The van der Waals surface area contributed by atoms with E-state index in [1.165, 1.54) is 11.1 Å². The number of amides is 1. The van der Waals surface area contributed by atoms with Gasteiger partial charge in [-0.25, -0.2) is 0 Å². The van der Waals surface area contributed by atoms with Gasteiger partial charge in [0, 0.05) is 17.6 Å². The maximum Gasteiger partial charge on any atom is 0.236 e. The molecule has 3 nitrogen and oxygen atoms in total. The van der Waals surface area contributed by atoms with Crippen LogP contribution in [0.4, 0.5) is 0 Å². The Morgan fingerprint density at radius 1 is 1.32 bits per heavy atom. The van der Waals surface area contributed by atoms with Crippen LogP contribution in [0.2, 0.25) is 0 Å². The molecule has 1 rings (SSSR count). The molecule has 0 spiro atoms. The summed E-state index contributed by atoms with van der Waals surface area (Å²) in [4.78, 5) is 11.8. The molecule has 19 heavy (non-hydrogen) atoms. The topological polar surface area (TPSA) is 41.1 Å². The van der Waals surface area contributed by atoms with Gasteiger partial charge in [0.2, 0.25) is 5.91 Å². The number of carbonyl (C=O) groups is 1. The van der Waals surface area contributed by atoms with Gasteiger partial charge in [-0.1, -0.05) is 41.9 Å². The van der Waals surface area contributed by atoms with Crippen LogP contribution in [0.3, 0.4) is 0 Å². The molecule has 0 saturated heterocycles. The summed E-state index contributed by atoms with van der Waals surface area (Å²) in [5.41, 5.74) is 2.38. The molecular weight excluding hydrogens is 304 g/mol. The second kappa shape index (κ2) is 7.65. The highest BCUT2D eigenvalue weighted by molar-refractivity contribution is 9.10. The zero-order valence-electron chi connectivity index (χ0n) is 12.1. The van der Waals surface area contributed by atoms with Crippen molar-refractivity contribution in [2.24, 2.45) is 5.92 Å². The normalized spacial score (nSPS) is 12.5. The van der Waals surface area contributed by atoms with Crippen molar-refractivity contribution in [3.8, 4) is 0 Å². The molecule has 0 bridgehead atoms. The van der Waals surface area contributed by atoms with Crippen molar-refractivity contribution in [1.29, 1.82) is 0 Å². The Kier molecular flexibility index (Phi) is 6.52. The van der Waals surface area contributed by atoms with E-state index in [2.05, 4.69) is 65.5 Å². The van der Waals surface area contributed by atoms with E-state index in [4.69, 9.17) is 0 Å². The van der Waals surface area contributed by atoms with Gasteiger partial charge in [-0.3, -0.25) is 4.79 Å². The summed E-state index contributed by atoms with van der Waals surface area (Å²) in [7, 11) is 0. The smallest absolute Gasteiger partial charge is 0.236 e. The third-order valence-electron chi connectivity index (χ3n) is 2.93. The molecule has 0 heterocycles. The first kappa shape index (κ1) is 16.2. The molecule has 1 atom stereocenters. The van der Waals surface area contributed by atoms with Gasteiger partial charge < -0.3 is 10.6 Å². The van der Waals surface area contributed by atoms with Crippen molar-refractivity contribution in [1.82, 2.24) is 10.6 Å². The summed E-state index contributed by atoms with van der Waals surface area (Å²) in [6, 6.07) is 6.05. The quantitative estimate of drug-likeness (QED) is 0.843. The third-order valence-corrected chi connectivity index (χ3v) is 3.78. The van der Waals surface area contributed by atoms with Crippen molar-refractivity contribution in [2.45, 2.75) is 40.3 Å². The van der Waals surface area contributed by atoms with Crippen molar-refractivity contribution in [3.05, 3.63) is 33.8 Å². The number of benzene rings is 1. The second-order valence-corrected chi connectivity index (χ2v) is 6.18. The summed E-state index contributed by atoms with van der Waals surface area (Å²) >= 11 is 3.52. The second-order valence-electron chi connectivity index (χ2n) is 5.33. The number of nitrogens with one attached hydrogen (secondary N) is 2. The van der Waals surface area contributed by atoms with E-state index in [0.29, 0.717) is 12.5 Å². The van der Waals surface area contributed by atoms with Gasteiger partial charge in [-0.05, 0) is 37.0 Å². The highest BCUT2D eigenvalue weighted by Gasteiger charge is 2.12. The molecule has 0 fully saturated rings. The molecule has 0 saturated carbocycles. The molecule has 0 aromatic heterocycles. The average Bonchev–Trinajstić information content (AvgIpc) is 2.36. The van der Waals surface area contributed by atoms with E-state index in [1.54, 1.807) is 0 Å². The zero-order valence-corrected chi connectivity index (χ0v) is 13.7. The maximum atomic E-state index is 11.8. The monoisotopic (exact) mass is 326 g/mol. The van der Waals surface area contributed by atoms with Crippen LogP contribution in [0.15, 0.2) is 22.7 Å². The first-order valence-corrected chi connectivity index (χ1v) is 7.45. The minimum absolute atomic E-state index is 0.0554. The average molecular weight is 327 g/mol. The molecule has 1 amide bonds. The van der Waals surface area contributed by atoms with E-state index in [1.807, 2.05) is 6.92 Å². The van der Waals surface area contributed by atoms with Crippen LogP contribution in [0, 0.1) is 12.8 Å². The lowest BCUT2D eigenvalue weighted by atomic mass is 10.1. The fraction of sp³-hybridized carbons (Fsp3) is 0.533. The molecule has 0 aliphatic rings. The summed E-state index contributed by atoms with van der Waals surface area (Å²) in [5.74, 6) is 0.532. The maximum absolute atomic E-state index is 11.8.